The molecule has 0 radical (unpaired) electrons. The maximum absolute atomic E-state index is 13.3. The van der Waals surface area contributed by atoms with Gasteiger partial charge in [-0.25, -0.2) is 17.5 Å². The standard InChI is InChI=1S/C13H21FN2O2S/c1-8-6-10(14)11(15)7-12(8)19(17,18)16-9(2)13(3,4)5/h6-7,9,16H,15H2,1-5H3. The van der Waals surface area contributed by atoms with Crippen molar-refractivity contribution in [1.82, 2.24) is 4.72 Å². The molecule has 4 nitrogen and oxygen atoms in total. The number of halogens is 1. The molecule has 0 aliphatic heterocycles. The fourth-order valence-electron chi connectivity index (χ4n) is 1.43. The van der Waals surface area contributed by atoms with Crippen molar-refractivity contribution in [2.75, 3.05) is 5.73 Å². The first-order chi connectivity index (χ1) is 8.45. The van der Waals surface area contributed by atoms with E-state index in [1.807, 2.05) is 20.8 Å². The molecule has 0 amide bonds. The summed E-state index contributed by atoms with van der Waals surface area (Å²) in [5, 5.41) is 0. The Morgan fingerprint density at radius 1 is 1.32 bits per heavy atom. The Labute approximate surface area is 114 Å². The molecule has 0 fully saturated rings. The third kappa shape index (κ3) is 3.67. The lowest BCUT2D eigenvalue weighted by atomic mass is 9.89. The summed E-state index contributed by atoms with van der Waals surface area (Å²) in [6.07, 6.45) is 0. The van der Waals surface area contributed by atoms with Crippen LogP contribution in [0.4, 0.5) is 10.1 Å². The number of aryl methyl sites for hydroxylation is 1. The first-order valence-corrected chi connectivity index (χ1v) is 7.51. The van der Waals surface area contributed by atoms with Gasteiger partial charge in [0.15, 0.2) is 0 Å². The zero-order chi connectivity index (χ0) is 15.0. The van der Waals surface area contributed by atoms with Crippen LogP contribution in [-0.2, 0) is 10.0 Å². The van der Waals surface area contributed by atoms with Crippen LogP contribution < -0.4 is 10.5 Å². The summed E-state index contributed by atoms with van der Waals surface area (Å²) in [6, 6.07) is 2.02. The maximum atomic E-state index is 13.3. The fourth-order valence-corrected chi connectivity index (χ4v) is 3.14. The second-order valence-corrected chi connectivity index (χ2v) is 7.53. The van der Waals surface area contributed by atoms with Crippen LogP contribution in [0.3, 0.4) is 0 Å². The zero-order valence-electron chi connectivity index (χ0n) is 11.9. The van der Waals surface area contributed by atoms with E-state index in [0.717, 1.165) is 12.1 Å². The monoisotopic (exact) mass is 288 g/mol. The van der Waals surface area contributed by atoms with Crippen molar-refractivity contribution in [3.63, 3.8) is 0 Å². The van der Waals surface area contributed by atoms with Crippen molar-refractivity contribution in [2.45, 2.75) is 45.6 Å². The third-order valence-corrected chi connectivity index (χ3v) is 4.90. The highest BCUT2D eigenvalue weighted by Crippen LogP contribution is 2.24. The van der Waals surface area contributed by atoms with Crippen molar-refractivity contribution in [2.24, 2.45) is 5.41 Å². The number of rotatable bonds is 3. The van der Waals surface area contributed by atoms with Crippen LogP contribution in [0.2, 0.25) is 0 Å². The Balaban J connectivity index is 3.19. The van der Waals surface area contributed by atoms with Crippen molar-refractivity contribution < 1.29 is 12.8 Å². The summed E-state index contributed by atoms with van der Waals surface area (Å²) in [6.45, 7) is 9.14. The fraction of sp³-hybridized carbons (Fsp3) is 0.538. The second-order valence-electron chi connectivity index (χ2n) is 5.85. The van der Waals surface area contributed by atoms with Gasteiger partial charge in [-0.05, 0) is 37.0 Å². The molecule has 0 saturated carbocycles. The number of nitrogen functional groups attached to an aromatic ring is 1. The number of hydrogen-bond acceptors (Lipinski definition) is 3. The number of anilines is 1. The van der Waals surface area contributed by atoms with Crippen molar-refractivity contribution in [1.29, 1.82) is 0 Å². The topological polar surface area (TPSA) is 72.2 Å². The first-order valence-electron chi connectivity index (χ1n) is 6.03. The lowest BCUT2D eigenvalue weighted by Crippen LogP contribution is -2.41. The summed E-state index contributed by atoms with van der Waals surface area (Å²) >= 11 is 0. The molecule has 0 bridgehead atoms. The van der Waals surface area contributed by atoms with Gasteiger partial charge in [0, 0.05) is 6.04 Å². The Morgan fingerprint density at radius 3 is 2.32 bits per heavy atom. The van der Waals surface area contributed by atoms with Gasteiger partial charge in [0.25, 0.3) is 0 Å². The first kappa shape index (κ1) is 15.9. The Hall–Kier alpha value is -1.14. The molecule has 6 heteroatoms. The molecule has 3 N–H and O–H groups in total. The predicted octanol–water partition coefficient (Wildman–Crippen LogP) is 2.43. The molecule has 1 aromatic rings. The summed E-state index contributed by atoms with van der Waals surface area (Å²) in [4.78, 5) is 0.0162. The van der Waals surface area contributed by atoms with E-state index in [2.05, 4.69) is 4.72 Å². The minimum atomic E-state index is -3.71. The second kappa shape index (κ2) is 5.09. The van der Waals surface area contributed by atoms with E-state index in [-0.39, 0.29) is 22.0 Å². The lowest BCUT2D eigenvalue weighted by molar-refractivity contribution is 0.317. The van der Waals surface area contributed by atoms with Crippen LogP contribution >= 0.6 is 0 Å². The Bertz CT molecular complexity index is 577. The van der Waals surface area contributed by atoms with Gasteiger partial charge in [-0.2, -0.15) is 0 Å². The van der Waals surface area contributed by atoms with E-state index in [4.69, 9.17) is 5.73 Å². The van der Waals surface area contributed by atoms with Crippen molar-refractivity contribution >= 4 is 15.7 Å². The summed E-state index contributed by atoms with van der Waals surface area (Å²) < 4.78 is 40.4. The van der Waals surface area contributed by atoms with Gasteiger partial charge in [-0.15, -0.1) is 0 Å². The van der Waals surface area contributed by atoms with Gasteiger partial charge in [0.1, 0.15) is 5.82 Å². The van der Waals surface area contributed by atoms with Gasteiger partial charge in [-0.1, -0.05) is 20.8 Å². The average molecular weight is 288 g/mol. The average Bonchev–Trinajstić information content (AvgIpc) is 2.21. The summed E-state index contributed by atoms with van der Waals surface area (Å²) in [7, 11) is -3.71. The van der Waals surface area contributed by atoms with E-state index in [1.165, 1.54) is 0 Å². The van der Waals surface area contributed by atoms with Gasteiger partial charge >= 0.3 is 0 Å². The van der Waals surface area contributed by atoms with E-state index < -0.39 is 15.8 Å². The smallest absolute Gasteiger partial charge is 0.241 e. The quantitative estimate of drug-likeness (QED) is 0.839. The van der Waals surface area contributed by atoms with Gasteiger partial charge in [0.05, 0.1) is 10.6 Å². The molecule has 108 valence electrons. The van der Waals surface area contributed by atoms with Gasteiger partial charge in [-0.3, -0.25) is 0 Å². The van der Waals surface area contributed by atoms with Gasteiger partial charge in [0.2, 0.25) is 10.0 Å². The van der Waals surface area contributed by atoms with Crippen molar-refractivity contribution in [3.8, 4) is 0 Å². The number of sulfonamides is 1. The van der Waals surface area contributed by atoms with Crippen LogP contribution in [0.1, 0.15) is 33.3 Å². The largest absolute Gasteiger partial charge is 0.396 e. The zero-order valence-corrected chi connectivity index (χ0v) is 12.7. The molecular formula is C13H21FN2O2S. The molecule has 0 aromatic heterocycles. The molecular weight excluding hydrogens is 267 g/mol. The number of hydrogen-bond donors (Lipinski definition) is 2. The minimum Gasteiger partial charge on any atom is -0.396 e. The number of nitrogens with one attached hydrogen (secondary N) is 1. The lowest BCUT2D eigenvalue weighted by Gasteiger charge is -2.28. The summed E-state index contributed by atoms with van der Waals surface area (Å²) in [5.74, 6) is -0.611. The third-order valence-electron chi connectivity index (χ3n) is 3.21. The normalized spacial score (nSPS) is 14.4. The van der Waals surface area contributed by atoms with Crippen LogP contribution in [0.15, 0.2) is 17.0 Å². The molecule has 0 aliphatic rings. The molecule has 1 aromatic carbocycles. The highest BCUT2D eigenvalue weighted by molar-refractivity contribution is 7.89. The number of nitrogens with two attached hydrogens (primary N) is 1. The van der Waals surface area contributed by atoms with E-state index in [1.54, 1.807) is 13.8 Å². The molecule has 1 atom stereocenters. The van der Waals surface area contributed by atoms with Crippen LogP contribution in [-0.4, -0.2) is 14.5 Å². The molecule has 1 unspecified atom stereocenters. The van der Waals surface area contributed by atoms with Crippen LogP contribution in [0.5, 0.6) is 0 Å². The van der Waals surface area contributed by atoms with E-state index in [0.29, 0.717) is 5.56 Å². The number of benzene rings is 1. The van der Waals surface area contributed by atoms with Crippen molar-refractivity contribution in [3.05, 3.63) is 23.5 Å². The SMILES string of the molecule is Cc1cc(F)c(N)cc1S(=O)(=O)NC(C)C(C)(C)C. The highest BCUT2D eigenvalue weighted by Gasteiger charge is 2.27. The molecule has 0 saturated heterocycles. The van der Waals surface area contributed by atoms with E-state index in [9.17, 15) is 12.8 Å². The molecule has 0 spiro atoms. The Kier molecular flexibility index (Phi) is 4.27. The molecule has 0 heterocycles. The van der Waals surface area contributed by atoms with Crippen LogP contribution in [0.25, 0.3) is 0 Å². The predicted molar refractivity (Wildman–Crippen MR) is 74.8 cm³/mol. The molecule has 0 aliphatic carbocycles. The highest BCUT2D eigenvalue weighted by atomic mass is 32.2. The van der Waals surface area contributed by atoms with Gasteiger partial charge < -0.3 is 5.73 Å². The maximum Gasteiger partial charge on any atom is 0.241 e. The molecule has 19 heavy (non-hydrogen) atoms. The Morgan fingerprint density at radius 2 is 1.84 bits per heavy atom. The summed E-state index contributed by atoms with van der Waals surface area (Å²) in [5.41, 5.74) is 5.38. The van der Waals surface area contributed by atoms with Crippen LogP contribution in [0, 0.1) is 18.2 Å². The van der Waals surface area contributed by atoms with E-state index >= 15 is 0 Å². The minimum absolute atomic E-state index is 0.0162. The molecule has 1 rings (SSSR count).